The van der Waals surface area contributed by atoms with Crippen LogP contribution in [-0.4, -0.2) is 35.6 Å². The van der Waals surface area contributed by atoms with Crippen molar-refractivity contribution >= 4 is 5.97 Å². The molecule has 1 aliphatic heterocycles. The molecule has 2 aromatic rings. The maximum atomic E-state index is 11.9. The van der Waals surface area contributed by atoms with E-state index in [-0.39, 0.29) is 6.10 Å². The SMILES string of the molecule is COC(=O)c1cc(-c2ccccc2C)n(CC2CCCCO2)n1. The van der Waals surface area contributed by atoms with Crippen molar-refractivity contribution in [3.63, 3.8) is 0 Å². The van der Waals surface area contributed by atoms with Crippen LogP contribution < -0.4 is 0 Å². The molecule has 3 rings (SSSR count). The fraction of sp³-hybridized carbons (Fsp3) is 0.444. The molecule has 2 heterocycles. The first-order chi connectivity index (χ1) is 11.2. The van der Waals surface area contributed by atoms with Gasteiger partial charge in [-0.25, -0.2) is 4.79 Å². The Morgan fingerprint density at radius 3 is 2.91 bits per heavy atom. The predicted molar refractivity (Wildman–Crippen MR) is 87.3 cm³/mol. The van der Waals surface area contributed by atoms with Gasteiger partial charge in [0, 0.05) is 12.2 Å². The summed E-state index contributed by atoms with van der Waals surface area (Å²) in [6, 6.07) is 9.91. The van der Waals surface area contributed by atoms with Crippen molar-refractivity contribution in [1.82, 2.24) is 9.78 Å². The van der Waals surface area contributed by atoms with Crippen molar-refractivity contribution in [2.24, 2.45) is 0 Å². The largest absolute Gasteiger partial charge is 0.464 e. The molecule has 0 N–H and O–H groups in total. The maximum absolute atomic E-state index is 11.9. The molecule has 0 saturated carbocycles. The van der Waals surface area contributed by atoms with E-state index in [1.54, 1.807) is 6.07 Å². The lowest BCUT2D eigenvalue weighted by atomic mass is 10.0. The number of esters is 1. The Bertz CT molecular complexity index is 687. The molecule has 5 nitrogen and oxygen atoms in total. The van der Waals surface area contributed by atoms with E-state index in [0.29, 0.717) is 12.2 Å². The molecule has 1 unspecified atom stereocenters. The van der Waals surface area contributed by atoms with Crippen LogP contribution in [0.3, 0.4) is 0 Å². The van der Waals surface area contributed by atoms with Gasteiger partial charge in [-0.1, -0.05) is 24.3 Å². The van der Waals surface area contributed by atoms with Gasteiger partial charge in [0.1, 0.15) is 0 Å². The number of hydrogen-bond acceptors (Lipinski definition) is 4. The van der Waals surface area contributed by atoms with E-state index in [0.717, 1.165) is 36.3 Å². The zero-order valence-corrected chi connectivity index (χ0v) is 13.6. The Labute approximate surface area is 136 Å². The van der Waals surface area contributed by atoms with Crippen molar-refractivity contribution in [3.8, 4) is 11.3 Å². The van der Waals surface area contributed by atoms with Gasteiger partial charge in [-0.3, -0.25) is 4.68 Å². The topological polar surface area (TPSA) is 53.4 Å². The van der Waals surface area contributed by atoms with Gasteiger partial charge in [-0.15, -0.1) is 0 Å². The van der Waals surface area contributed by atoms with Crippen molar-refractivity contribution in [1.29, 1.82) is 0 Å². The lowest BCUT2D eigenvalue weighted by Crippen LogP contribution is -2.25. The highest BCUT2D eigenvalue weighted by molar-refractivity contribution is 5.88. The minimum Gasteiger partial charge on any atom is -0.464 e. The summed E-state index contributed by atoms with van der Waals surface area (Å²) in [5.41, 5.74) is 3.49. The summed E-state index contributed by atoms with van der Waals surface area (Å²) in [6.07, 6.45) is 3.47. The van der Waals surface area contributed by atoms with Crippen LogP contribution in [-0.2, 0) is 16.0 Å². The highest BCUT2D eigenvalue weighted by Gasteiger charge is 2.21. The Kier molecular flexibility index (Phi) is 4.76. The normalized spacial score (nSPS) is 17.9. The molecule has 0 amide bonds. The second-order valence-electron chi connectivity index (χ2n) is 5.89. The zero-order chi connectivity index (χ0) is 16.2. The van der Waals surface area contributed by atoms with Gasteiger partial charge in [0.2, 0.25) is 0 Å². The first-order valence-electron chi connectivity index (χ1n) is 8.03. The molecule has 5 heteroatoms. The van der Waals surface area contributed by atoms with Gasteiger partial charge in [-0.2, -0.15) is 5.10 Å². The lowest BCUT2D eigenvalue weighted by Gasteiger charge is -2.23. The van der Waals surface area contributed by atoms with Crippen LogP contribution in [0.1, 0.15) is 35.3 Å². The average Bonchev–Trinajstić information content (AvgIpc) is 2.99. The Morgan fingerprint density at radius 2 is 2.22 bits per heavy atom. The molecular weight excluding hydrogens is 292 g/mol. The quantitative estimate of drug-likeness (QED) is 0.813. The third-order valence-electron chi connectivity index (χ3n) is 4.25. The van der Waals surface area contributed by atoms with Gasteiger partial charge in [0.25, 0.3) is 0 Å². The molecule has 1 aromatic carbocycles. The van der Waals surface area contributed by atoms with Crippen LogP contribution in [0, 0.1) is 6.92 Å². The number of benzene rings is 1. The van der Waals surface area contributed by atoms with E-state index < -0.39 is 5.97 Å². The molecule has 1 aromatic heterocycles. The van der Waals surface area contributed by atoms with Crippen LogP contribution in [0.2, 0.25) is 0 Å². The Hall–Kier alpha value is -2.14. The summed E-state index contributed by atoms with van der Waals surface area (Å²) in [5.74, 6) is -0.414. The van der Waals surface area contributed by atoms with Crippen LogP contribution in [0.25, 0.3) is 11.3 Å². The minimum absolute atomic E-state index is 0.150. The summed E-state index contributed by atoms with van der Waals surface area (Å²) >= 11 is 0. The minimum atomic E-state index is -0.414. The number of nitrogens with zero attached hydrogens (tertiary/aromatic N) is 2. The molecule has 1 fully saturated rings. The van der Waals surface area contributed by atoms with Crippen LogP contribution in [0.15, 0.2) is 30.3 Å². The predicted octanol–water partition coefficient (Wildman–Crippen LogP) is 3.21. The summed E-state index contributed by atoms with van der Waals surface area (Å²) < 4.78 is 12.5. The number of carbonyl (C=O) groups excluding carboxylic acids is 1. The fourth-order valence-corrected chi connectivity index (χ4v) is 2.98. The van der Waals surface area contributed by atoms with Crippen LogP contribution in [0.5, 0.6) is 0 Å². The number of methoxy groups -OCH3 is 1. The number of aromatic nitrogens is 2. The second-order valence-corrected chi connectivity index (χ2v) is 5.89. The summed E-state index contributed by atoms with van der Waals surface area (Å²) in [6.45, 7) is 3.51. The van der Waals surface area contributed by atoms with Crippen molar-refractivity contribution < 1.29 is 14.3 Å². The lowest BCUT2D eigenvalue weighted by molar-refractivity contribution is 0.00414. The second kappa shape index (κ2) is 6.96. The van der Waals surface area contributed by atoms with Gasteiger partial charge in [-0.05, 0) is 37.8 Å². The molecule has 0 aliphatic carbocycles. The van der Waals surface area contributed by atoms with E-state index in [9.17, 15) is 4.79 Å². The third kappa shape index (κ3) is 3.45. The van der Waals surface area contributed by atoms with E-state index in [2.05, 4.69) is 18.1 Å². The number of carbonyl (C=O) groups is 1. The van der Waals surface area contributed by atoms with Crippen LogP contribution in [0.4, 0.5) is 0 Å². The first-order valence-corrected chi connectivity index (χ1v) is 8.03. The molecule has 0 spiro atoms. The zero-order valence-electron chi connectivity index (χ0n) is 13.6. The van der Waals surface area contributed by atoms with E-state index in [4.69, 9.17) is 9.47 Å². The highest BCUT2D eigenvalue weighted by atomic mass is 16.5. The average molecular weight is 314 g/mol. The summed E-state index contributed by atoms with van der Waals surface area (Å²) in [4.78, 5) is 11.9. The van der Waals surface area contributed by atoms with Crippen molar-refractivity contribution in [3.05, 3.63) is 41.6 Å². The van der Waals surface area contributed by atoms with Gasteiger partial charge in [0.15, 0.2) is 5.69 Å². The molecule has 1 aliphatic rings. The summed E-state index contributed by atoms with van der Waals surface area (Å²) in [5, 5.41) is 4.45. The van der Waals surface area contributed by atoms with Gasteiger partial charge < -0.3 is 9.47 Å². The number of ether oxygens (including phenoxy) is 2. The van der Waals surface area contributed by atoms with E-state index in [1.807, 2.05) is 22.9 Å². The van der Waals surface area contributed by atoms with E-state index >= 15 is 0 Å². The standard InChI is InChI=1S/C18H22N2O3/c1-13-7-3-4-9-15(13)17-11-16(18(21)22-2)19-20(17)12-14-8-5-6-10-23-14/h3-4,7,9,11,14H,5-6,8,10,12H2,1-2H3. The van der Waals surface area contributed by atoms with Crippen molar-refractivity contribution in [2.75, 3.05) is 13.7 Å². The van der Waals surface area contributed by atoms with Gasteiger partial charge >= 0.3 is 5.97 Å². The number of aryl methyl sites for hydroxylation is 1. The Morgan fingerprint density at radius 1 is 1.39 bits per heavy atom. The van der Waals surface area contributed by atoms with Crippen LogP contribution >= 0.6 is 0 Å². The molecular formula is C18H22N2O3. The maximum Gasteiger partial charge on any atom is 0.358 e. The molecule has 0 radical (unpaired) electrons. The molecule has 23 heavy (non-hydrogen) atoms. The van der Waals surface area contributed by atoms with Crippen molar-refractivity contribution in [2.45, 2.75) is 38.8 Å². The summed E-state index contributed by atoms with van der Waals surface area (Å²) in [7, 11) is 1.37. The third-order valence-corrected chi connectivity index (χ3v) is 4.25. The van der Waals surface area contributed by atoms with E-state index in [1.165, 1.54) is 13.5 Å². The number of rotatable bonds is 4. The molecule has 1 atom stereocenters. The number of hydrogen-bond donors (Lipinski definition) is 0. The monoisotopic (exact) mass is 314 g/mol. The molecule has 1 saturated heterocycles. The molecule has 0 bridgehead atoms. The molecule has 122 valence electrons. The first kappa shape index (κ1) is 15.7. The highest BCUT2D eigenvalue weighted by Crippen LogP contribution is 2.26. The smallest absolute Gasteiger partial charge is 0.358 e. The Balaban J connectivity index is 1.97. The fourth-order valence-electron chi connectivity index (χ4n) is 2.98. The van der Waals surface area contributed by atoms with Gasteiger partial charge in [0.05, 0.1) is 25.5 Å².